The molecular formula is C12H13ClN2O5S. The van der Waals surface area contributed by atoms with Crippen molar-refractivity contribution in [3.8, 4) is 0 Å². The van der Waals surface area contributed by atoms with Gasteiger partial charge < -0.3 is 10.4 Å². The van der Waals surface area contributed by atoms with Crippen molar-refractivity contribution in [2.75, 3.05) is 12.0 Å². The number of nitrogens with one attached hydrogen (secondary N) is 1. The molecule has 1 amide bonds. The van der Waals surface area contributed by atoms with Crippen LogP contribution in [0.3, 0.4) is 0 Å². The van der Waals surface area contributed by atoms with Crippen LogP contribution >= 0.6 is 23.4 Å². The Labute approximate surface area is 129 Å². The normalized spacial score (nSPS) is 11.7. The molecule has 0 radical (unpaired) electrons. The fraction of sp³-hybridized carbons (Fsp3) is 0.333. The topological polar surface area (TPSA) is 110 Å². The third kappa shape index (κ3) is 4.91. The lowest BCUT2D eigenvalue weighted by Gasteiger charge is -2.13. The number of benzene rings is 1. The number of carboxylic acid groups (broad SMARTS) is 1. The first-order chi connectivity index (χ1) is 9.86. The van der Waals surface area contributed by atoms with Crippen LogP contribution < -0.4 is 5.32 Å². The number of hydrogen-bond donors (Lipinski definition) is 2. The van der Waals surface area contributed by atoms with Gasteiger partial charge in [0.15, 0.2) is 0 Å². The fourth-order valence-electron chi connectivity index (χ4n) is 1.53. The summed E-state index contributed by atoms with van der Waals surface area (Å²) < 4.78 is 0. The lowest BCUT2D eigenvalue weighted by atomic mass is 10.1. The van der Waals surface area contributed by atoms with E-state index in [1.807, 2.05) is 6.26 Å². The highest BCUT2D eigenvalue weighted by molar-refractivity contribution is 7.98. The molecule has 21 heavy (non-hydrogen) atoms. The Morgan fingerprint density at radius 1 is 1.52 bits per heavy atom. The van der Waals surface area contributed by atoms with Crippen LogP contribution in [0.1, 0.15) is 16.8 Å². The van der Waals surface area contributed by atoms with Crippen LogP contribution in [0.15, 0.2) is 18.2 Å². The fourth-order valence-corrected chi connectivity index (χ4v) is 2.19. The summed E-state index contributed by atoms with van der Waals surface area (Å²) in [4.78, 5) is 33.1. The van der Waals surface area contributed by atoms with Crippen molar-refractivity contribution < 1.29 is 19.6 Å². The molecule has 0 bridgehead atoms. The molecule has 1 aromatic rings. The number of halogens is 1. The predicted molar refractivity (Wildman–Crippen MR) is 80.0 cm³/mol. The lowest BCUT2D eigenvalue weighted by molar-refractivity contribution is -0.384. The lowest BCUT2D eigenvalue weighted by Crippen LogP contribution is -2.41. The number of hydrogen-bond acceptors (Lipinski definition) is 5. The maximum atomic E-state index is 12.0. The van der Waals surface area contributed by atoms with Crippen molar-refractivity contribution in [1.29, 1.82) is 0 Å². The molecule has 0 aliphatic carbocycles. The molecule has 1 aromatic carbocycles. The monoisotopic (exact) mass is 332 g/mol. The summed E-state index contributed by atoms with van der Waals surface area (Å²) in [5, 5.41) is 22.0. The zero-order valence-corrected chi connectivity index (χ0v) is 12.6. The van der Waals surface area contributed by atoms with Crippen LogP contribution in [0.2, 0.25) is 5.02 Å². The average molecular weight is 333 g/mol. The SMILES string of the molecule is CSCCC(NC(=O)c1ccc(Cl)c([N+](=O)[O-])c1)C(=O)O. The van der Waals surface area contributed by atoms with E-state index in [0.717, 1.165) is 6.07 Å². The van der Waals surface area contributed by atoms with Gasteiger partial charge in [0.25, 0.3) is 11.6 Å². The number of carbonyl (C=O) groups is 2. The third-order valence-corrected chi connectivity index (χ3v) is 3.58. The van der Waals surface area contributed by atoms with Gasteiger partial charge in [-0.25, -0.2) is 4.79 Å². The van der Waals surface area contributed by atoms with Gasteiger partial charge in [-0.15, -0.1) is 0 Å². The van der Waals surface area contributed by atoms with Crippen LogP contribution in [0, 0.1) is 10.1 Å². The molecule has 1 atom stereocenters. The second-order valence-corrected chi connectivity index (χ2v) is 5.46. The number of thioether (sulfide) groups is 1. The number of nitrogens with zero attached hydrogens (tertiary/aromatic N) is 1. The maximum Gasteiger partial charge on any atom is 0.326 e. The quantitative estimate of drug-likeness (QED) is 0.585. The number of nitro groups is 1. The van der Waals surface area contributed by atoms with Gasteiger partial charge in [0.1, 0.15) is 11.1 Å². The van der Waals surface area contributed by atoms with Gasteiger partial charge in [0.2, 0.25) is 0 Å². The van der Waals surface area contributed by atoms with Gasteiger partial charge >= 0.3 is 5.97 Å². The van der Waals surface area contributed by atoms with E-state index in [1.165, 1.54) is 23.9 Å². The molecule has 0 fully saturated rings. The van der Waals surface area contributed by atoms with E-state index in [2.05, 4.69) is 5.32 Å². The highest BCUT2D eigenvalue weighted by Crippen LogP contribution is 2.25. The van der Waals surface area contributed by atoms with Crippen molar-refractivity contribution in [2.24, 2.45) is 0 Å². The summed E-state index contributed by atoms with van der Waals surface area (Å²) in [5.41, 5.74) is -0.415. The molecule has 1 unspecified atom stereocenters. The summed E-state index contributed by atoms with van der Waals surface area (Å²) in [6.07, 6.45) is 2.08. The molecule has 1 rings (SSSR count). The minimum Gasteiger partial charge on any atom is -0.480 e. The highest BCUT2D eigenvalue weighted by atomic mass is 35.5. The second kappa shape index (κ2) is 7.84. The summed E-state index contributed by atoms with van der Waals surface area (Å²) >= 11 is 7.11. The molecule has 7 nitrogen and oxygen atoms in total. The van der Waals surface area contributed by atoms with Crippen LogP contribution in [-0.2, 0) is 4.79 Å². The summed E-state index contributed by atoms with van der Waals surface area (Å²) in [5.74, 6) is -1.28. The molecule has 9 heteroatoms. The summed E-state index contributed by atoms with van der Waals surface area (Å²) in [6.45, 7) is 0. The first-order valence-corrected chi connectivity index (χ1v) is 7.60. The molecule has 0 saturated carbocycles. The van der Waals surface area contributed by atoms with Gasteiger partial charge in [-0.2, -0.15) is 11.8 Å². The van der Waals surface area contributed by atoms with Crippen LogP contribution in [0.4, 0.5) is 5.69 Å². The number of aliphatic carboxylic acids is 1. The van der Waals surface area contributed by atoms with Gasteiger partial charge in [-0.05, 0) is 30.6 Å². The van der Waals surface area contributed by atoms with Crippen LogP contribution in [-0.4, -0.2) is 40.0 Å². The Hall–Kier alpha value is -1.80. The van der Waals surface area contributed by atoms with Gasteiger partial charge in [0, 0.05) is 11.6 Å². The number of amides is 1. The average Bonchev–Trinajstić information content (AvgIpc) is 2.42. The Balaban J connectivity index is 2.90. The molecular weight excluding hydrogens is 320 g/mol. The standard InChI is InChI=1S/C12H13ClN2O5S/c1-21-5-4-9(12(17)18)14-11(16)7-2-3-8(13)10(6-7)15(19)20/h2-3,6,9H,4-5H2,1H3,(H,14,16)(H,17,18). The molecule has 0 spiro atoms. The van der Waals surface area contributed by atoms with Gasteiger partial charge in [-0.1, -0.05) is 11.6 Å². The Morgan fingerprint density at radius 2 is 2.19 bits per heavy atom. The Bertz CT molecular complexity index is 567. The smallest absolute Gasteiger partial charge is 0.326 e. The number of carbonyl (C=O) groups excluding carboxylic acids is 1. The number of nitro benzene ring substituents is 1. The van der Waals surface area contributed by atoms with Crippen LogP contribution in [0.5, 0.6) is 0 Å². The molecule has 0 saturated heterocycles. The summed E-state index contributed by atoms with van der Waals surface area (Å²) in [7, 11) is 0. The molecule has 0 heterocycles. The molecule has 0 aliphatic heterocycles. The van der Waals surface area contributed by atoms with Crippen molar-refractivity contribution in [2.45, 2.75) is 12.5 Å². The zero-order valence-electron chi connectivity index (χ0n) is 11.0. The zero-order chi connectivity index (χ0) is 16.0. The van der Waals surface area contributed by atoms with Crippen molar-refractivity contribution >= 4 is 40.9 Å². The van der Waals surface area contributed by atoms with Gasteiger partial charge in [-0.3, -0.25) is 14.9 Å². The number of carboxylic acids is 1. The first-order valence-electron chi connectivity index (χ1n) is 5.83. The largest absolute Gasteiger partial charge is 0.480 e. The second-order valence-electron chi connectivity index (χ2n) is 4.07. The maximum absolute atomic E-state index is 12.0. The summed E-state index contributed by atoms with van der Waals surface area (Å²) in [6, 6.07) is 2.51. The minimum atomic E-state index is -1.15. The Kier molecular flexibility index (Phi) is 6.44. The predicted octanol–water partition coefficient (Wildman–Crippen LogP) is 2.18. The minimum absolute atomic E-state index is 0.0125. The van der Waals surface area contributed by atoms with E-state index in [1.54, 1.807) is 0 Å². The van der Waals surface area contributed by atoms with Crippen molar-refractivity contribution in [1.82, 2.24) is 5.32 Å². The van der Waals surface area contributed by atoms with Gasteiger partial charge in [0.05, 0.1) is 4.92 Å². The van der Waals surface area contributed by atoms with E-state index >= 15 is 0 Å². The van der Waals surface area contributed by atoms with Crippen molar-refractivity contribution in [3.05, 3.63) is 38.9 Å². The highest BCUT2D eigenvalue weighted by Gasteiger charge is 2.22. The van der Waals surface area contributed by atoms with E-state index < -0.39 is 28.5 Å². The van der Waals surface area contributed by atoms with E-state index in [-0.39, 0.29) is 17.0 Å². The van der Waals surface area contributed by atoms with Crippen molar-refractivity contribution in [3.63, 3.8) is 0 Å². The van der Waals surface area contributed by atoms with E-state index in [9.17, 15) is 19.7 Å². The molecule has 2 N–H and O–H groups in total. The van der Waals surface area contributed by atoms with E-state index in [0.29, 0.717) is 5.75 Å². The van der Waals surface area contributed by atoms with Crippen LogP contribution in [0.25, 0.3) is 0 Å². The third-order valence-electron chi connectivity index (χ3n) is 2.62. The molecule has 114 valence electrons. The molecule has 0 aliphatic rings. The van der Waals surface area contributed by atoms with E-state index in [4.69, 9.17) is 16.7 Å². The first kappa shape index (κ1) is 17.3. The molecule has 0 aromatic heterocycles. The number of rotatable bonds is 7. The Morgan fingerprint density at radius 3 is 2.71 bits per heavy atom.